The molecule has 0 aliphatic carbocycles. The second-order valence-corrected chi connectivity index (χ2v) is 6.27. The van der Waals surface area contributed by atoms with Crippen LogP contribution in [-0.2, 0) is 6.54 Å². The molecule has 2 atom stereocenters. The molecule has 0 spiro atoms. The molecule has 0 saturated carbocycles. The Hall–Kier alpha value is -0.870. The molecular formula is C15H26N4. The van der Waals surface area contributed by atoms with Gasteiger partial charge in [0.25, 0.3) is 0 Å². The molecule has 1 N–H and O–H groups in total. The van der Waals surface area contributed by atoms with E-state index >= 15 is 0 Å². The van der Waals surface area contributed by atoms with Crippen LogP contribution in [-0.4, -0.2) is 39.6 Å². The van der Waals surface area contributed by atoms with Crippen molar-refractivity contribution in [1.29, 1.82) is 0 Å². The molecule has 0 aromatic carbocycles. The van der Waals surface area contributed by atoms with Gasteiger partial charge in [-0.25, -0.2) is 4.98 Å². The molecule has 2 saturated heterocycles. The van der Waals surface area contributed by atoms with Crippen LogP contribution in [0.5, 0.6) is 0 Å². The van der Waals surface area contributed by atoms with Crippen LogP contribution in [0.2, 0.25) is 0 Å². The fraction of sp³-hybridized carbons (Fsp3) is 0.800. The minimum Gasteiger partial charge on any atom is -0.331 e. The highest BCUT2D eigenvalue weighted by molar-refractivity contribution is 5.02. The number of rotatable bonds is 4. The van der Waals surface area contributed by atoms with Gasteiger partial charge in [0.1, 0.15) is 0 Å². The van der Waals surface area contributed by atoms with Gasteiger partial charge in [-0.2, -0.15) is 0 Å². The van der Waals surface area contributed by atoms with Crippen LogP contribution in [0.1, 0.15) is 51.3 Å². The second-order valence-electron chi connectivity index (χ2n) is 6.27. The Labute approximate surface area is 116 Å². The predicted molar refractivity (Wildman–Crippen MR) is 77.1 cm³/mol. The molecule has 0 radical (unpaired) electrons. The number of aromatic nitrogens is 2. The molecule has 2 aliphatic heterocycles. The first-order valence-electron chi connectivity index (χ1n) is 7.74. The molecule has 106 valence electrons. The predicted octanol–water partition coefficient (Wildman–Crippen LogP) is 2.18. The highest BCUT2D eigenvalue weighted by atomic mass is 15.2. The summed E-state index contributed by atoms with van der Waals surface area (Å²) in [6, 6.07) is 1.96. The Morgan fingerprint density at radius 2 is 2.26 bits per heavy atom. The highest BCUT2D eigenvalue weighted by Gasteiger charge is 2.33. The fourth-order valence-electron chi connectivity index (χ4n) is 3.67. The van der Waals surface area contributed by atoms with Crippen LogP contribution < -0.4 is 5.32 Å². The monoisotopic (exact) mass is 262 g/mol. The zero-order valence-corrected chi connectivity index (χ0v) is 12.2. The summed E-state index contributed by atoms with van der Waals surface area (Å²) in [7, 11) is 0. The van der Waals surface area contributed by atoms with E-state index in [1.54, 1.807) is 0 Å². The molecule has 4 nitrogen and oxygen atoms in total. The maximum Gasteiger partial charge on any atom is 0.0951 e. The van der Waals surface area contributed by atoms with Crippen molar-refractivity contribution >= 4 is 0 Å². The third kappa shape index (κ3) is 2.70. The van der Waals surface area contributed by atoms with E-state index in [1.807, 2.05) is 12.5 Å². The van der Waals surface area contributed by atoms with Gasteiger partial charge in [-0.15, -0.1) is 0 Å². The number of hydrogen-bond acceptors (Lipinski definition) is 3. The summed E-state index contributed by atoms with van der Waals surface area (Å²) in [6.07, 6.45) is 9.41. The molecule has 0 bridgehead atoms. The molecule has 3 rings (SSSR count). The number of nitrogens with one attached hydrogen (secondary N) is 1. The van der Waals surface area contributed by atoms with E-state index in [9.17, 15) is 0 Å². The van der Waals surface area contributed by atoms with Crippen molar-refractivity contribution < 1.29 is 0 Å². The minimum atomic E-state index is 0.503. The van der Waals surface area contributed by atoms with Gasteiger partial charge in [-0.1, -0.05) is 0 Å². The van der Waals surface area contributed by atoms with Gasteiger partial charge in [0.15, 0.2) is 0 Å². The van der Waals surface area contributed by atoms with E-state index in [0.717, 1.165) is 18.6 Å². The molecule has 4 heteroatoms. The van der Waals surface area contributed by atoms with Crippen LogP contribution in [0, 0.1) is 0 Å². The first-order chi connectivity index (χ1) is 9.25. The van der Waals surface area contributed by atoms with Crippen LogP contribution in [0.3, 0.4) is 0 Å². The van der Waals surface area contributed by atoms with Crippen LogP contribution in [0.4, 0.5) is 0 Å². The average Bonchev–Trinajstić information content (AvgIpc) is 3.09. The Balaban J connectivity index is 1.69. The van der Waals surface area contributed by atoms with Gasteiger partial charge in [-0.3, -0.25) is 4.90 Å². The summed E-state index contributed by atoms with van der Waals surface area (Å²) < 4.78 is 2.30. The Kier molecular flexibility index (Phi) is 3.89. The summed E-state index contributed by atoms with van der Waals surface area (Å²) in [5, 5.41) is 3.68. The van der Waals surface area contributed by atoms with Crippen molar-refractivity contribution in [3.63, 3.8) is 0 Å². The van der Waals surface area contributed by atoms with Gasteiger partial charge in [0.2, 0.25) is 0 Å². The molecular weight excluding hydrogens is 236 g/mol. The summed E-state index contributed by atoms with van der Waals surface area (Å²) in [5.74, 6) is 0. The topological polar surface area (TPSA) is 33.1 Å². The highest BCUT2D eigenvalue weighted by Crippen LogP contribution is 2.26. The lowest BCUT2D eigenvalue weighted by molar-refractivity contribution is 0.201. The summed E-state index contributed by atoms with van der Waals surface area (Å²) >= 11 is 0. The van der Waals surface area contributed by atoms with Gasteiger partial charge < -0.3 is 9.88 Å². The van der Waals surface area contributed by atoms with Gasteiger partial charge in [0, 0.05) is 30.9 Å². The number of nitrogens with zero attached hydrogens (tertiary/aromatic N) is 3. The van der Waals surface area contributed by atoms with Gasteiger partial charge >= 0.3 is 0 Å². The van der Waals surface area contributed by atoms with E-state index in [1.165, 1.54) is 44.5 Å². The van der Waals surface area contributed by atoms with Crippen LogP contribution in [0.15, 0.2) is 12.5 Å². The normalized spacial score (nSPS) is 28.6. The molecule has 2 unspecified atom stereocenters. The third-order valence-electron chi connectivity index (χ3n) is 4.64. The van der Waals surface area contributed by atoms with E-state index in [0.29, 0.717) is 6.04 Å². The van der Waals surface area contributed by atoms with Crippen molar-refractivity contribution in [3.8, 4) is 0 Å². The molecule has 1 aromatic heterocycles. The standard InChI is InChI=1S/C15H26N4/c1-12(2)19-11-16-9-13(19)10-18-8-4-6-15(18)14-5-3-7-17-14/h9,11-12,14-15,17H,3-8,10H2,1-2H3. The lowest BCUT2D eigenvalue weighted by Crippen LogP contribution is -2.43. The molecule has 19 heavy (non-hydrogen) atoms. The third-order valence-corrected chi connectivity index (χ3v) is 4.64. The maximum atomic E-state index is 4.33. The van der Waals surface area contributed by atoms with Gasteiger partial charge in [0.05, 0.1) is 12.0 Å². The van der Waals surface area contributed by atoms with E-state index in [2.05, 4.69) is 33.6 Å². The molecule has 2 fully saturated rings. The van der Waals surface area contributed by atoms with Crippen molar-refractivity contribution in [2.45, 2.75) is 64.2 Å². The molecule has 3 heterocycles. The largest absolute Gasteiger partial charge is 0.331 e. The SMILES string of the molecule is CC(C)n1cncc1CN1CCCC1C1CCCN1. The first kappa shape index (κ1) is 13.1. The van der Waals surface area contributed by atoms with Crippen molar-refractivity contribution in [1.82, 2.24) is 19.8 Å². The van der Waals surface area contributed by atoms with Crippen molar-refractivity contribution in [3.05, 3.63) is 18.2 Å². The second kappa shape index (κ2) is 5.63. The summed E-state index contributed by atoms with van der Waals surface area (Å²) in [4.78, 5) is 6.99. The summed E-state index contributed by atoms with van der Waals surface area (Å²) in [6.45, 7) is 7.96. The Morgan fingerprint density at radius 1 is 1.37 bits per heavy atom. The minimum absolute atomic E-state index is 0.503. The zero-order chi connectivity index (χ0) is 13.2. The first-order valence-corrected chi connectivity index (χ1v) is 7.74. The lowest BCUT2D eigenvalue weighted by Gasteiger charge is -2.30. The lowest BCUT2D eigenvalue weighted by atomic mass is 10.0. The fourth-order valence-corrected chi connectivity index (χ4v) is 3.67. The smallest absolute Gasteiger partial charge is 0.0951 e. The quantitative estimate of drug-likeness (QED) is 0.903. The Bertz CT molecular complexity index is 406. The molecule has 1 aromatic rings. The van der Waals surface area contributed by atoms with E-state index in [4.69, 9.17) is 0 Å². The maximum absolute atomic E-state index is 4.33. The molecule has 0 amide bonds. The van der Waals surface area contributed by atoms with Crippen LogP contribution in [0.25, 0.3) is 0 Å². The Morgan fingerprint density at radius 3 is 3.00 bits per heavy atom. The van der Waals surface area contributed by atoms with E-state index < -0.39 is 0 Å². The zero-order valence-electron chi connectivity index (χ0n) is 12.2. The van der Waals surface area contributed by atoms with Crippen molar-refractivity contribution in [2.75, 3.05) is 13.1 Å². The van der Waals surface area contributed by atoms with Crippen molar-refractivity contribution in [2.24, 2.45) is 0 Å². The average molecular weight is 262 g/mol. The van der Waals surface area contributed by atoms with E-state index in [-0.39, 0.29) is 0 Å². The molecule has 2 aliphatic rings. The number of imidazole rings is 1. The van der Waals surface area contributed by atoms with Crippen LogP contribution >= 0.6 is 0 Å². The number of likely N-dealkylation sites (tertiary alicyclic amines) is 1. The summed E-state index contributed by atoms with van der Waals surface area (Å²) in [5.41, 5.74) is 1.36. The van der Waals surface area contributed by atoms with Gasteiger partial charge in [-0.05, 0) is 52.6 Å². The number of hydrogen-bond donors (Lipinski definition) is 1.